The third kappa shape index (κ3) is 4.69. The van der Waals surface area contributed by atoms with Gasteiger partial charge in [-0.1, -0.05) is 24.6 Å². The molecule has 0 spiro atoms. The Hall–Kier alpha value is -1.65. The molecule has 1 aromatic carbocycles. The molecule has 1 heterocycles. The molecule has 21 heavy (non-hydrogen) atoms. The molecule has 0 unspecified atom stereocenters. The van der Waals surface area contributed by atoms with E-state index < -0.39 is 0 Å². The summed E-state index contributed by atoms with van der Waals surface area (Å²) in [5.41, 5.74) is 1.30. The van der Waals surface area contributed by atoms with Crippen LogP contribution in [0.2, 0.25) is 5.02 Å². The van der Waals surface area contributed by atoms with Gasteiger partial charge in [0.1, 0.15) is 18.2 Å². The standard InChI is InChI=1S/C16H18ClFN2O/c1-2-8-19-9-12-6-7-13(10-20-12)21-11-14-15(17)4-3-5-16(14)18/h3-7,10,19H,2,8-9,11H2,1H3. The van der Waals surface area contributed by atoms with E-state index >= 15 is 0 Å². The molecule has 1 aromatic heterocycles. The van der Waals surface area contributed by atoms with E-state index in [-0.39, 0.29) is 12.4 Å². The van der Waals surface area contributed by atoms with E-state index in [2.05, 4.69) is 17.2 Å². The maximum absolute atomic E-state index is 13.6. The minimum absolute atomic E-state index is 0.0839. The second kappa shape index (κ2) is 7.96. The molecule has 112 valence electrons. The summed E-state index contributed by atoms with van der Waals surface area (Å²) in [7, 11) is 0. The van der Waals surface area contributed by atoms with Gasteiger partial charge in [0.15, 0.2) is 0 Å². The summed E-state index contributed by atoms with van der Waals surface area (Å²) in [5, 5.41) is 3.64. The third-order valence-electron chi connectivity index (χ3n) is 2.98. The zero-order valence-electron chi connectivity index (χ0n) is 11.9. The number of halogens is 2. The van der Waals surface area contributed by atoms with Crippen LogP contribution < -0.4 is 10.1 Å². The van der Waals surface area contributed by atoms with Gasteiger partial charge in [-0.25, -0.2) is 4.39 Å². The van der Waals surface area contributed by atoms with Crippen molar-refractivity contribution in [2.24, 2.45) is 0 Å². The predicted molar refractivity (Wildman–Crippen MR) is 82.0 cm³/mol. The lowest BCUT2D eigenvalue weighted by Gasteiger charge is -2.09. The second-order valence-corrected chi connectivity index (χ2v) is 5.06. The average Bonchev–Trinajstić information content (AvgIpc) is 2.48. The molecule has 1 N–H and O–H groups in total. The molecule has 0 saturated heterocycles. The van der Waals surface area contributed by atoms with Crippen LogP contribution in [0.15, 0.2) is 36.5 Å². The predicted octanol–water partition coefficient (Wildman–Crippen LogP) is 3.95. The SMILES string of the molecule is CCCNCc1ccc(OCc2c(F)cccc2Cl)cn1. The Morgan fingerprint density at radius 2 is 2.14 bits per heavy atom. The van der Waals surface area contributed by atoms with Gasteiger partial charge >= 0.3 is 0 Å². The first-order chi connectivity index (χ1) is 10.2. The Balaban J connectivity index is 1.92. The molecule has 2 aromatic rings. The van der Waals surface area contributed by atoms with Gasteiger partial charge in [-0.3, -0.25) is 4.98 Å². The Morgan fingerprint density at radius 1 is 1.29 bits per heavy atom. The van der Waals surface area contributed by atoms with Crippen LogP contribution in [0.3, 0.4) is 0 Å². The van der Waals surface area contributed by atoms with Crippen molar-refractivity contribution in [1.29, 1.82) is 0 Å². The highest BCUT2D eigenvalue weighted by molar-refractivity contribution is 6.31. The van der Waals surface area contributed by atoms with Gasteiger partial charge in [0.2, 0.25) is 0 Å². The summed E-state index contributed by atoms with van der Waals surface area (Å²) in [6.45, 7) is 3.89. The van der Waals surface area contributed by atoms with Gasteiger partial charge in [0.25, 0.3) is 0 Å². The summed E-state index contributed by atoms with van der Waals surface area (Å²) in [5.74, 6) is 0.226. The molecule has 0 radical (unpaired) electrons. The Labute approximate surface area is 129 Å². The maximum Gasteiger partial charge on any atom is 0.138 e. The van der Waals surface area contributed by atoms with E-state index in [0.717, 1.165) is 25.2 Å². The Kier molecular flexibility index (Phi) is 5.96. The molecule has 0 fully saturated rings. The van der Waals surface area contributed by atoms with E-state index in [1.807, 2.05) is 12.1 Å². The van der Waals surface area contributed by atoms with Gasteiger partial charge in [-0.05, 0) is 37.2 Å². The van der Waals surface area contributed by atoms with Gasteiger partial charge < -0.3 is 10.1 Å². The van der Waals surface area contributed by atoms with Crippen LogP contribution in [0.1, 0.15) is 24.6 Å². The number of hydrogen-bond acceptors (Lipinski definition) is 3. The summed E-state index contributed by atoms with van der Waals surface area (Å²) in [6.07, 6.45) is 2.72. The van der Waals surface area contributed by atoms with Crippen LogP contribution in [0.5, 0.6) is 5.75 Å². The highest BCUT2D eigenvalue weighted by atomic mass is 35.5. The fourth-order valence-electron chi connectivity index (χ4n) is 1.82. The van der Waals surface area contributed by atoms with Crippen LogP contribution in [0, 0.1) is 5.82 Å². The van der Waals surface area contributed by atoms with Gasteiger partial charge in [-0.15, -0.1) is 0 Å². The quantitative estimate of drug-likeness (QED) is 0.786. The van der Waals surface area contributed by atoms with Crippen molar-refractivity contribution in [1.82, 2.24) is 10.3 Å². The van der Waals surface area contributed by atoms with Crippen LogP contribution >= 0.6 is 11.6 Å². The fourth-order valence-corrected chi connectivity index (χ4v) is 2.04. The van der Waals surface area contributed by atoms with Crippen molar-refractivity contribution in [3.63, 3.8) is 0 Å². The maximum atomic E-state index is 13.6. The lowest BCUT2D eigenvalue weighted by molar-refractivity contribution is 0.298. The van der Waals surface area contributed by atoms with E-state index in [4.69, 9.17) is 16.3 Å². The number of hydrogen-bond donors (Lipinski definition) is 1. The number of benzene rings is 1. The first-order valence-corrected chi connectivity index (χ1v) is 7.30. The zero-order valence-corrected chi connectivity index (χ0v) is 12.7. The highest BCUT2D eigenvalue weighted by Gasteiger charge is 2.07. The molecular weight excluding hydrogens is 291 g/mol. The smallest absolute Gasteiger partial charge is 0.138 e. The molecule has 0 aliphatic carbocycles. The monoisotopic (exact) mass is 308 g/mol. The lowest BCUT2D eigenvalue weighted by atomic mass is 10.2. The fraction of sp³-hybridized carbons (Fsp3) is 0.312. The lowest BCUT2D eigenvalue weighted by Crippen LogP contribution is -2.14. The van der Waals surface area contributed by atoms with Crippen molar-refractivity contribution in [2.45, 2.75) is 26.5 Å². The molecule has 0 bridgehead atoms. The van der Waals surface area contributed by atoms with Crippen LogP contribution in [-0.4, -0.2) is 11.5 Å². The molecule has 5 heteroatoms. The molecule has 3 nitrogen and oxygen atoms in total. The average molecular weight is 309 g/mol. The van der Waals surface area contributed by atoms with Crippen molar-refractivity contribution in [2.75, 3.05) is 6.54 Å². The van der Waals surface area contributed by atoms with Crippen LogP contribution in [0.4, 0.5) is 4.39 Å². The molecule has 0 amide bonds. The molecular formula is C16H18ClFN2O. The number of nitrogens with zero attached hydrogens (tertiary/aromatic N) is 1. The second-order valence-electron chi connectivity index (χ2n) is 4.65. The first kappa shape index (κ1) is 15.7. The third-order valence-corrected chi connectivity index (χ3v) is 3.33. The minimum Gasteiger partial charge on any atom is -0.487 e. The number of ether oxygens (including phenoxy) is 1. The van der Waals surface area contributed by atoms with E-state index in [1.165, 1.54) is 6.07 Å². The first-order valence-electron chi connectivity index (χ1n) is 6.92. The van der Waals surface area contributed by atoms with Crippen molar-refractivity contribution >= 4 is 11.6 Å². The summed E-state index contributed by atoms with van der Waals surface area (Å²) < 4.78 is 19.1. The van der Waals surface area contributed by atoms with Gasteiger partial charge in [0.05, 0.1) is 16.9 Å². The van der Waals surface area contributed by atoms with Crippen molar-refractivity contribution < 1.29 is 9.13 Å². The molecule has 0 atom stereocenters. The minimum atomic E-state index is -0.365. The number of rotatable bonds is 7. The topological polar surface area (TPSA) is 34.1 Å². The van der Waals surface area contributed by atoms with Crippen LogP contribution in [0.25, 0.3) is 0 Å². The summed E-state index contributed by atoms with van der Waals surface area (Å²) >= 11 is 5.95. The Morgan fingerprint density at radius 3 is 2.81 bits per heavy atom. The van der Waals surface area contributed by atoms with E-state index in [1.54, 1.807) is 18.3 Å². The highest BCUT2D eigenvalue weighted by Crippen LogP contribution is 2.21. The van der Waals surface area contributed by atoms with E-state index in [0.29, 0.717) is 16.3 Å². The normalized spacial score (nSPS) is 10.6. The number of aromatic nitrogens is 1. The molecule has 0 aliphatic rings. The molecule has 0 aliphatic heterocycles. The zero-order chi connectivity index (χ0) is 15.1. The number of nitrogens with one attached hydrogen (secondary N) is 1. The molecule has 0 saturated carbocycles. The number of pyridine rings is 1. The van der Waals surface area contributed by atoms with Crippen LogP contribution in [-0.2, 0) is 13.2 Å². The Bertz CT molecular complexity index is 555. The van der Waals surface area contributed by atoms with Gasteiger partial charge in [-0.2, -0.15) is 0 Å². The summed E-state index contributed by atoms with van der Waals surface area (Å²) in [4.78, 5) is 4.29. The summed E-state index contributed by atoms with van der Waals surface area (Å²) in [6, 6.07) is 8.29. The molecule has 2 rings (SSSR count). The van der Waals surface area contributed by atoms with Crippen molar-refractivity contribution in [3.8, 4) is 5.75 Å². The largest absolute Gasteiger partial charge is 0.487 e. The van der Waals surface area contributed by atoms with Gasteiger partial charge in [0, 0.05) is 12.1 Å². The van der Waals surface area contributed by atoms with Crippen molar-refractivity contribution in [3.05, 3.63) is 58.6 Å². The van der Waals surface area contributed by atoms with E-state index in [9.17, 15) is 4.39 Å².